The largest absolute Gasteiger partial charge is 0.493 e. The SMILES string of the molecule is COc1cc(/C=C(/C#N)c2ccccc2F)ccc1OC(=O)c1ccc2c(c1)OCO2. The topological polar surface area (TPSA) is 77.8 Å². The highest BCUT2D eigenvalue weighted by molar-refractivity contribution is 5.93. The minimum Gasteiger partial charge on any atom is -0.493 e. The summed E-state index contributed by atoms with van der Waals surface area (Å²) in [6.07, 6.45) is 1.53. The Morgan fingerprint density at radius 3 is 2.65 bits per heavy atom. The van der Waals surface area contributed by atoms with Gasteiger partial charge in [-0.3, -0.25) is 0 Å². The van der Waals surface area contributed by atoms with Gasteiger partial charge in [0.1, 0.15) is 5.82 Å². The molecule has 0 amide bonds. The van der Waals surface area contributed by atoms with Crippen molar-refractivity contribution >= 4 is 17.6 Å². The van der Waals surface area contributed by atoms with Gasteiger partial charge >= 0.3 is 5.97 Å². The number of nitriles is 1. The minimum absolute atomic E-state index is 0.105. The third-order valence-electron chi connectivity index (χ3n) is 4.59. The number of ether oxygens (including phenoxy) is 4. The molecule has 0 saturated carbocycles. The van der Waals surface area contributed by atoms with Crippen LogP contribution in [-0.4, -0.2) is 19.9 Å². The molecular weight excluding hydrogens is 401 g/mol. The highest BCUT2D eigenvalue weighted by Crippen LogP contribution is 2.34. The minimum atomic E-state index is -0.594. The number of fused-ring (bicyclic) bond motifs is 1. The number of hydrogen-bond donors (Lipinski definition) is 0. The zero-order valence-electron chi connectivity index (χ0n) is 16.4. The Morgan fingerprint density at radius 1 is 1.06 bits per heavy atom. The number of hydrogen-bond acceptors (Lipinski definition) is 6. The molecule has 3 aromatic carbocycles. The van der Waals surface area contributed by atoms with Crippen LogP contribution in [0.15, 0.2) is 60.7 Å². The molecule has 0 atom stereocenters. The van der Waals surface area contributed by atoms with Gasteiger partial charge in [0.05, 0.1) is 24.3 Å². The number of carbonyl (C=O) groups excluding carboxylic acids is 1. The van der Waals surface area contributed by atoms with Crippen molar-refractivity contribution in [1.29, 1.82) is 5.26 Å². The molecule has 6 nitrogen and oxygen atoms in total. The van der Waals surface area contributed by atoms with Crippen LogP contribution in [-0.2, 0) is 0 Å². The standard InChI is InChI=1S/C24H16FNO5/c1-28-22-11-15(10-17(13-26)18-4-2-3-5-19(18)25)6-8-21(22)31-24(27)16-7-9-20-23(12-16)30-14-29-20/h2-12H,14H2,1H3/b17-10-. The van der Waals surface area contributed by atoms with Crippen LogP contribution >= 0.6 is 0 Å². The fourth-order valence-corrected chi connectivity index (χ4v) is 3.06. The second kappa shape index (κ2) is 8.59. The van der Waals surface area contributed by atoms with Gasteiger partial charge in [0.25, 0.3) is 0 Å². The summed E-state index contributed by atoms with van der Waals surface area (Å²) >= 11 is 0. The molecule has 0 saturated heterocycles. The van der Waals surface area contributed by atoms with Gasteiger partial charge in [-0.05, 0) is 48.0 Å². The van der Waals surface area contributed by atoms with Gasteiger partial charge in [0.2, 0.25) is 6.79 Å². The predicted molar refractivity (Wildman–Crippen MR) is 110 cm³/mol. The molecule has 0 spiro atoms. The molecule has 0 aromatic heterocycles. The van der Waals surface area contributed by atoms with Gasteiger partial charge in [0.15, 0.2) is 23.0 Å². The van der Waals surface area contributed by atoms with Gasteiger partial charge in [-0.15, -0.1) is 0 Å². The maximum absolute atomic E-state index is 14.0. The lowest BCUT2D eigenvalue weighted by molar-refractivity contribution is 0.0729. The van der Waals surface area contributed by atoms with Crippen LogP contribution in [0.5, 0.6) is 23.0 Å². The summed E-state index contributed by atoms with van der Waals surface area (Å²) in [5.41, 5.74) is 1.23. The van der Waals surface area contributed by atoms with Gasteiger partial charge in [-0.2, -0.15) is 5.26 Å². The van der Waals surface area contributed by atoms with Crippen molar-refractivity contribution in [3.05, 3.63) is 83.2 Å². The van der Waals surface area contributed by atoms with Gasteiger partial charge in [-0.1, -0.05) is 24.3 Å². The van der Waals surface area contributed by atoms with Crippen LogP contribution < -0.4 is 18.9 Å². The first-order valence-corrected chi connectivity index (χ1v) is 9.25. The molecule has 0 bridgehead atoms. The lowest BCUT2D eigenvalue weighted by Crippen LogP contribution is -2.09. The fraction of sp³-hybridized carbons (Fsp3) is 0.0833. The van der Waals surface area contributed by atoms with Gasteiger partial charge in [0, 0.05) is 5.56 Å². The second-order valence-corrected chi connectivity index (χ2v) is 6.52. The van der Waals surface area contributed by atoms with E-state index < -0.39 is 11.8 Å². The number of nitrogens with zero attached hydrogens (tertiary/aromatic N) is 1. The van der Waals surface area contributed by atoms with E-state index >= 15 is 0 Å². The van der Waals surface area contributed by atoms with E-state index in [4.69, 9.17) is 18.9 Å². The van der Waals surface area contributed by atoms with Crippen molar-refractivity contribution in [2.75, 3.05) is 13.9 Å². The molecule has 1 aliphatic heterocycles. The van der Waals surface area contributed by atoms with Crippen LogP contribution in [0.3, 0.4) is 0 Å². The summed E-state index contributed by atoms with van der Waals surface area (Å²) in [7, 11) is 1.43. The summed E-state index contributed by atoms with van der Waals surface area (Å²) in [4.78, 5) is 12.5. The Kier molecular flexibility index (Phi) is 5.54. The summed E-state index contributed by atoms with van der Waals surface area (Å²) in [6.45, 7) is 0.105. The number of esters is 1. The molecule has 0 radical (unpaired) electrons. The highest BCUT2D eigenvalue weighted by Gasteiger charge is 2.19. The molecule has 1 heterocycles. The Hall–Kier alpha value is -4.31. The van der Waals surface area contributed by atoms with E-state index in [0.29, 0.717) is 22.6 Å². The zero-order chi connectivity index (χ0) is 21.8. The first-order chi connectivity index (χ1) is 15.1. The van der Waals surface area contributed by atoms with E-state index in [-0.39, 0.29) is 29.4 Å². The number of methoxy groups -OCH3 is 1. The second-order valence-electron chi connectivity index (χ2n) is 6.52. The van der Waals surface area contributed by atoms with Gasteiger partial charge in [-0.25, -0.2) is 9.18 Å². The van der Waals surface area contributed by atoms with E-state index in [2.05, 4.69) is 0 Å². The van der Waals surface area contributed by atoms with Crippen LogP contribution in [0.1, 0.15) is 21.5 Å². The quantitative estimate of drug-likeness (QED) is 0.256. The monoisotopic (exact) mass is 417 g/mol. The van der Waals surface area contributed by atoms with E-state index in [0.717, 1.165) is 0 Å². The summed E-state index contributed by atoms with van der Waals surface area (Å²) < 4.78 is 35.3. The van der Waals surface area contributed by atoms with Crippen molar-refractivity contribution in [3.8, 4) is 29.1 Å². The van der Waals surface area contributed by atoms with Crippen molar-refractivity contribution in [2.24, 2.45) is 0 Å². The van der Waals surface area contributed by atoms with E-state index in [1.54, 1.807) is 48.5 Å². The van der Waals surface area contributed by atoms with Crippen molar-refractivity contribution in [2.45, 2.75) is 0 Å². The van der Waals surface area contributed by atoms with Crippen molar-refractivity contribution < 1.29 is 28.1 Å². The molecule has 154 valence electrons. The average Bonchev–Trinajstić information content (AvgIpc) is 3.26. The fourth-order valence-electron chi connectivity index (χ4n) is 3.06. The van der Waals surface area contributed by atoms with Crippen LogP contribution in [0.25, 0.3) is 11.6 Å². The maximum Gasteiger partial charge on any atom is 0.343 e. The first-order valence-electron chi connectivity index (χ1n) is 9.25. The molecular formula is C24H16FNO5. The van der Waals surface area contributed by atoms with Crippen LogP contribution in [0.2, 0.25) is 0 Å². The molecule has 31 heavy (non-hydrogen) atoms. The summed E-state index contributed by atoms with van der Waals surface area (Å²) in [5, 5.41) is 9.45. The summed E-state index contributed by atoms with van der Waals surface area (Å²) in [5.74, 6) is 0.438. The zero-order valence-corrected chi connectivity index (χ0v) is 16.4. The molecule has 3 aromatic rings. The van der Waals surface area contributed by atoms with Crippen LogP contribution in [0, 0.1) is 17.1 Å². The third-order valence-corrected chi connectivity index (χ3v) is 4.59. The van der Waals surface area contributed by atoms with Gasteiger partial charge < -0.3 is 18.9 Å². The maximum atomic E-state index is 14.0. The Morgan fingerprint density at radius 2 is 1.87 bits per heavy atom. The molecule has 0 fully saturated rings. The molecule has 0 aliphatic carbocycles. The molecule has 0 N–H and O–H groups in total. The number of benzene rings is 3. The van der Waals surface area contributed by atoms with E-state index in [1.165, 1.54) is 25.3 Å². The number of rotatable bonds is 5. The molecule has 4 rings (SSSR count). The lowest BCUT2D eigenvalue weighted by atomic mass is 10.0. The number of carbonyl (C=O) groups is 1. The Labute approximate surface area is 177 Å². The van der Waals surface area contributed by atoms with Crippen molar-refractivity contribution in [3.63, 3.8) is 0 Å². The molecule has 1 aliphatic rings. The average molecular weight is 417 g/mol. The smallest absolute Gasteiger partial charge is 0.343 e. The number of halogens is 1. The lowest BCUT2D eigenvalue weighted by Gasteiger charge is -2.11. The van der Waals surface area contributed by atoms with Crippen molar-refractivity contribution in [1.82, 2.24) is 0 Å². The predicted octanol–water partition coefficient (Wildman–Crippen LogP) is 4.85. The van der Waals surface area contributed by atoms with E-state index in [1.807, 2.05) is 6.07 Å². The Bertz CT molecular complexity index is 1230. The first kappa shape index (κ1) is 20.0. The Balaban J connectivity index is 1.59. The highest BCUT2D eigenvalue weighted by atomic mass is 19.1. The molecule has 0 unspecified atom stereocenters. The normalized spacial score (nSPS) is 12.2. The van der Waals surface area contributed by atoms with E-state index in [9.17, 15) is 14.4 Å². The third kappa shape index (κ3) is 4.19. The summed E-state index contributed by atoms with van der Waals surface area (Å²) in [6, 6.07) is 17.6. The van der Waals surface area contributed by atoms with Crippen LogP contribution in [0.4, 0.5) is 4.39 Å². The molecule has 7 heteroatoms. The number of allylic oxidation sites excluding steroid dienone is 1.